The summed E-state index contributed by atoms with van der Waals surface area (Å²) in [5.41, 5.74) is 0.864. The molecule has 0 bridgehead atoms. The smallest absolute Gasteiger partial charge is 0.234 e. The van der Waals surface area contributed by atoms with E-state index in [0.717, 1.165) is 44.0 Å². The number of nitrogens with zero attached hydrogens (tertiary/aromatic N) is 2. The number of amides is 1. The van der Waals surface area contributed by atoms with Gasteiger partial charge in [0, 0.05) is 49.3 Å². The zero-order chi connectivity index (χ0) is 19.8. The molecule has 3 rings (SSSR count). The van der Waals surface area contributed by atoms with Crippen molar-refractivity contribution in [1.82, 2.24) is 15.1 Å². The number of hydrogen-bond acceptors (Lipinski definition) is 4. The molecule has 1 fully saturated rings. The molecule has 0 atom stereocenters. The molecule has 1 aliphatic rings. The summed E-state index contributed by atoms with van der Waals surface area (Å²) in [7, 11) is 0. The molecule has 28 heavy (non-hydrogen) atoms. The summed E-state index contributed by atoms with van der Waals surface area (Å²) in [6.45, 7) is 6.01. The second-order valence-electron chi connectivity index (χ2n) is 6.79. The summed E-state index contributed by atoms with van der Waals surface area (Å²) in [4.78, 5) is 16.8. The number of benzene rings is 2. The van der Waals surface area contributed by atoms with Crippen molar-refractivity contribution in [2.24, 2.45) is 0 Å². The van der Waals surface area contributed by atoms with Crippen LogP contribution in [-0.4, -0.2) is 61.6 Å². The number of hydrogen-bond donors (Lipinski definition) is 1. The van der Waals surface area contributed by atoms with Crippen LogP contribution < -0.4 is 10.1 Å². The Balaban J connectivity index is 1.32. The zero-order valence-corrected chi connectivity index (χ0v) is 17.3. The summed E-state index contributed by atoms with van der Waals surface area (Å²) >= 11 is 12.0. The van der Waals surface area contributed by atoms with Gasteiger partial charge in [0.05, 0.1) is 6.54 Å². The summed E-state index contributed by atoms with van der Waals surface area (Å²) < 4.78 is 5.75. The molecule has 0 spiro atoms. The van der Waals surface area contributed by atoms with E-state index < -0.39 is 0 Å². The minimum atomic E-state index is 0.00637. The first-order chi connectivity index (χ1) is 13.6. The Morgan fingerprint density at radius 3 is 2.43 bits per heavy atom. The minimum Gasteiger partial charge on any atom is -0.492 e. The van der Waals surface area contributed by atoms with Crippen LogP contribution in [0.1, 0.15) is 5.56 Å². The first kappa shape index (κ1) is 20.9. The van der Waals surface area contributed by atoms with Crippen LogP contribution in [0.15, 0.2) is 48.5 Å². The molecule has 0 aliphatic carbocycles. The van der Waals surface area contributed by atoms with Gasteiger partial charge in [-0.2, -0.15) is 0 Å². The van der Waals surface area contributed by atoms with E-state index in [1.54, 1.807) is 12.1 Å². The van der Waals surface area contributed by atoms with Gasteiger partial charge in [-0.1, -0.05) is 47.5 Å². The Bertz CT molecular complexity index is 766. The molecule has 0 aromatic heterocycles. The van der Waals surface area contributed by atoms with Crippen molar-refractivity contribution in [3.05, 3.63) is 64.1 Å². The van der Waals surface area contributed by atoms with E-state index in [0.29, 0.717) is 29.7 Å². The van der Waals surface area contributed by atoms with Crippen molar-refractivity contribution < 1.29 is 9.53 Å². The van der Waals surface area contributed by atoms with Crippen molar-refractivity contribution in [3.63, 3.8) is 0 Å². The molecule has 5 nitrogen and oxygen atoms in total. The standard InChI is InChI=1S/C21H25Cl2N3O2/c22-18-7-6-17(20(23)14-18)15-24-21(27)16-26-10-8-25(9-11-26)12-13-28-19-4-2-1-3-5-19/h1-7,14H,8-13,15-16H2,(H,24,27). The monoisotopic (exact) mass is 421 g/mol. The first-order valence-corrected chi connectivity index (χ1v) is 10.2. The number of ether oxygens (including phenoxy) is 1. The fourth-order valence-corrected chi connectivity index (χ4v) is 3.57. The highest BCUT2D eigenvalue weighted by molar-refractivity contribution is 6.35. The minimum absolute atomic E-state index is 0.00637. The second kappa shape index (κ2) is 10.7. The Kier molecular flexibility index (Phi) is 7.98. The van der Waals surface area contributed by atoms with Crippen LogP contribution in [-0.2, 0) is 11.3 Å². The summed E-state index contributed by atoms with van der Waals surface area (Å²) in [6.07, 6.45) is 0. The highest BCUT2D eigenvalue weighted by Gasteiger charge is 2.18. The third-order valence-electron chi connectivity index (χ3n) is 4.74. The lowest BCUT2D eigenvalue weighted by Crippen LogP contribution is -2.50. The number of nitrogens with one attached hydrogen (secondary N) is 1. The van der Waals surface area contributed by atoms with Crippen LogP contribution in [0, 0.1) is 0 Å². The van der Waals surface area contributed by atoms with E-state index in [1.807, 2.05) is 36.4 Å². The zero-order valence-electron chi connectivity index (χ0n) is 15.7. The molecular weight excluding hydrogens is 397 g/mol. The normalized spacial score (nSPS) is 15.4. The van der Waals surface area contributed by atoms with E-state index in [4.69, 9.17) is 27.9 Å². The molecule has 0 radical (unpaired) electrons. The fourth-order valence-electron chi connectivity index (χ4n) is 3.10. The van der Waals surface area contributed by atoms with E-state index >= 15 is 0 Å². The van der Waals surface area contributed by atoms with E-state index in [1.165, 1.54) is 0 Å². The van der Waals surface area contributed by atoms with Crippen LogP contribution in [0.3, 0.4) is 0 Å². The van der Waals surface area contributed by atoms with Gasteiger partial charge in [0.15, 0.2) is 0 Å². The molecule has 2 aromatic carbocycles. The van der Waals surface area contributed by atoms with E-state index in [9.17, 15) is 4.79 Å². The predicted molar refractivity (Wildman–Crippen MR) is 113 cm³/mol. The first-order valence-electron chi connectivity index (χ1n) is 9.43. The number of halogens is 2. The molecule has 1 amide bonds. The van der Waals surface area contributed by atoms with Gasteiger partial charge in [-0.3, -0.25) is 14.6 Å². The molecule has 1 saturated heterocycles. The second-order valence-corrected chi connectivity index (χ2v) is 7.64. The SMILES string of the molecule is O=C(CN1CCN(CCOc2ccccc2)CC1)NCc1ccc(Cl)cc1Cl. The number of para-hydroxylation sites is 1. The third-order valence-corrected chi connectivity index (χ3v) is 5.33. The number of piperazine rings is 1. The average molecular weight is 422 g/mol. The van der Waals surface area contributed by atoms with Gasteiger partial charge in [0.2, 0.25) is 5.91 Å². The van der Waals surface area contributed by atoms with Crippen molar-refractivity contribution >= 4 is 29.1 Å². The Hall–Kier alpha value is -1.79. The van der Waals surface area contributed by atoms with Crippen LogP contribution in [0.4, 0.5) is 0 Å². The van der Waals surface area contributed by atoms with Crippen molar-refractivity contribution in [2.45, 2.75) is 6.54 Å². The van der Waals surface area contributed by atoms with Crippen molar-refractivity contribution in [3.8, 4) is 5.75 Å². The van der Waals surface area contributed by atoms with E-state index in [-0.39, 0.29) is 5.91 Å². The molecule has 150 valence electrons. The third kappa shape index (κ3) is 6.67. The van der Waals surface area contributed by atoms with Crippen molar-refractivity contribution in [2.75, 3.05) is 45.9 Å². The predicted octanol–water partition coefficient (Wildman–Crippen LogP) is 3.31. The quantitative estimate of drug-likeness (QED) is 0.709. The topological polar surface area (TPSA) is 44.8 Å². The van der Waals surface area contributed by atoms with Gasteiger partial charge >= 0.3 is 0 Å². The van der Waals surface area contributed by atoms with Crippen LogP contribution >= 0.6 is 23.2 Å². The molecule has 1 aliphatic heterocycles. The van der Waals surface area contributed by atoms with Gasteiger partial charge in [0.25, 0.3) is 0 Å². The number of carbonyl (C=O) groups is 1. The molecule has 7 heteroatoms. The van der Waals surface area contributed by atoms with Gasteiger partial charge in [-0.05, 0) is 29.8 Å². The summed E-state index contributed by atoms with van der Waals surface area (Å²) in [6, 6.07) is 15.1. The maximum atomic E-state index is 12.2. The van der Waals surface area contributed by atoms with E-state index in [2.05, 4.69) is 15.1 Å². The van der Waals surface area contributed by atoms with Gasteiger partial charge < -0.3 is 10.1 Å². The maximum absolute atomic E-state index is 12.2. The number of carbonyl (C=O) groups excluding carboxylic acids is 1. The van der Waals surface area contributed by atoms with Gasteiger partial charge in [-0.25, -0.2) is 0 Å². The lowest BCUT2D eigenvalue weighted by atomic mass is 10.2. The summed E-state index contributed by atoms with van der Waals surface area (Å²) in [5.74, 6) is 0.908. The van der Waals surface area contributed by atoms with Crippen LogP contribution in [0.25, 0.3) is 0 Å². The summed E-state index contributed by atoms with van der Waals surface area (Å²) in [5, 5.41) is 4.09. The Morgan fingerprint density at radius 2 is 1.71 bits per heavy atom. The molecular formula is C21H25Cl2N3O2. The highest BCUT2D eigenvalue weighted by atomic mass is 35.5. The lowest BCUT2D eigenvalue weighted by molar-refractivity contribution is -0.122. The fraction of sp³-hybridized carbons (Fsp3) is 0.381. The van der Waals surface area contributed by atoms with Gasteiger partial charge in [-0.15, -0.1) is 0 Å². The molecule has 0 saturated carbocycles. The largest absolute Gasteiger partial charge is 0.492 e. The van der Waals surface area contributed by atoms with Gasteiger partial charge in [0.1, 0.15) is 12.4 Å². The Labute approximate surface area is 176 Å². The van der Waals surface area contributed by atoms with Crippen LogP contribution in [0.5, 0.6) is 5.75 Å². The van der Waals surface area contributed by atoms with Crippen molar-refractivity contribution in [1.29, 1.82) is 0 Å². The number of rotatable bonds is 8. The molecule has 0 unspecified atom stereocenters. The molecule has 1 N–H and O–H groups in total. The average Bonchev–Trinajstić information content (AvgIpc) is 2.69. The molecule has 2 aromatic rings. The Morgan fingerprint density at radius 1 is 1.00 bits per heavy atom. The lowest BCUT2D eigenvalue weighted by Gasteiger charge is -2.34. The van der Waals surface area contributed by atoms with Crippen LogP contribution in [0.2, 0.25) is 10.0 Å². The highest BCUT2D eigenvalue weighted by Crippen LogP contribution is 2.20. The molecule has 1 heterocycles. The maximum Gasteiger partial charge on any atom is 0.234 e.